The van der Waals surface area contributed by atoms with E-state index in [2.05, 4.69) is 5.32 Å². The summed E-state index contributed by atoms with van der Waals surface area (Å²) in [7, 11) is 0. The van der Waals surface area contributed by atoms with Gasteiger partial charge < -0.3 is 15.2 Å². The highest BCUT2D eigenvalue weighted by Gasteiger charge is 2.18. The Kier molecular flexibility index (Phi) is 4.54. The second kappa shape index (κ2) is 5.51. The van der Waals surface area contributed by atoms with Gasteiger partial charge in [0.2, 0.25) is 0 Å². The van der Waals surface area contributed by atoms with Crippen molar-refractivity contribution in [3.63, 3.8) is 0 Å². The standard InChI is InChI=1S/C12H19NO3S/c1-8-5-6-17-10(8)9(14)7-13-11(15)16-12(2,3)4/h5-6,9,14H,7H2,1-4H3,(H,13,15). The second-order valence-corrected chi connectivity index (χ2v) is 5.81. The number of amides is 1. The summed E-state index contributed by atoms with van der Waals surface area (Å²) >= 11 is 1.48. The van der Waals surface area contributed by atoms with Crippen molar-refractivity contribution in [2.45, 2.75) is 39.4 Å². The van der Waals surface area contributed by atoms with Gasteiger partial charge in [-0.05, 0) is 44.7 Å². The third kappa shape index (κ3) is 4.75. The van der Waals surface area contributed by atoms with Gasteiger partial charge in [0.15, 0.2) is 0 Å². The van der Waals surface area contributed by atoms with Crippen LogP contribution in [0.1, 0.15) is 37.3 Å². The summed E-state index contributed by atoms with van der Waals surface area (Å²) in [6, 6.07) is 1.94. The Hall–Kier alpha value is -1.07. The highest BCUT2D eigenvalue weighted by Crippen LogP contribution is 2.23. The Bertz CT molecular complexity index is 381. The van der Waals surface area contributed by atoms with Gasteiger partial charge in [0.05, 0.1) is 6.54 Å². The van der Waals surface area contributed by atoms with Crippen LogP contribution in [0.3, 0.4) is 0 Å². The van der Waals surface area contributed by atoms with Gasteiger partial charge >= 0.3 is 6.09 Å². The molecule has 0 saturated heterocycles. The maximum atomic E-state index is 11.4. The van der Waals surface area contributed by atoms with E-state index >= 15 is 0 Å². The molecule has 96 valence electrons. The summed E-state index contributed by atoms with van der Waals surface area (Å²) in [4.78, 5) is 12.3. The third-order valence-electron chi connectivity index (χ3n) is 2.04. The smallest absolute Gasteiger partial charge is 0.407 e. The topological polar surface area (TPSA) is 58.6 Å². The maximum absolute atomic E-state index is 11.4. The minimum absolute atomic E-state index is 0.163. The fourth-order valence-corrected chi connectivity index (χ4v) is 2.23. The fourth-order valence-electron chi connectivity index (χ4n) is 1.31. The lowest BCUT2D eigenvalue weighted by Gasteiger charge is -2.20. The van der Waals surface area contributed by atoms with Crippen molar-refractivity contribution in [1.82, 2.24) is 5.32 Å². The van der Waals surface area contributed by atoms with E-state index in [1.54, 1.807) is 20.8 Å². The lowest BCUT2D eigenvalue weighted by Crippen LogP contribution is -2.34. The number of aliphatic hydroxyl groups is 1. The number of carbonyl (C=O) groups is 1. The molecule has 0 aliphatic rings. The summed E-state index contributed by atoms with van der Waals surface area (Å²) in [5.74, 6) is 0. The summed E-state index contributed by atoms with van der Waals surface area (Å²) in [5.41, 5.74) is 0.516. The number of alkyl carbamates (subject to hydrolysis) is 1. The first-order valence-electron chi connectivity index (χ1n) is 5.48. The molecule has 1 aromatic heterocycles. The molecule has 0 fully saturated rings. The molecule has 0 aromatic carbocycles. The molecule has 5 heteroatoms. The quantitative estimate of drug-likeness (QED) is 0.875. The number of rotatable bonds is 3. The van der Waals surface area contributed by atoms with Gasteiger partial charge in [-0.1, -0.05) is 0 Å². The van der Waals surface area contributed by atoms with Crippen molar-refractivity contribution in [1.29, 1.82) is 0 Å². The van der Waals surface area contributed by atoms with Gasteiger partial charge in [-0.3, -0.25) is 0 Å². The molecular weight excluding hydrogens is 238 g/mol. The number of aliphatic hydroxyl groups excluding tert-OH is 1. The predicted molar refractivity (Wildman–Crippen MR) is 68.3 cm³/mol. The molecule has 1 unspecified atom stereocenters. The van der Waals surface area contributed by atoms with Crippen molar-refractivity contribution in [2.24, 2.45) is 0 Å². The number of hydrogen-bond donors (Lipinski definition) is 2. The summed E-state index contributed by atoms with van der Waals surface area (Å²) in [6.07, 6.45) is -1.19. The number of ether oxygens (including phenoxy) is 1. The Morgan fingerprint density at radius 2 is 2.24 bits per heavy atom. The van der Waals surface area contributed by atoms with Gasteiger partial charge in [-0.25, -0.2) is 4.79 Å². The second-order valence-electron chi connectivity index (χ2n) is 4.87. The molecule has 1 rings (SSSR count). The van der Waals surface area contributed by atoms with E-state index in [1.165, 1.54) is 11.3 Å². The van der Waals surface area contributed by atoms with Crippen LogP contribution in [0.25, 0.3) is 0 Å². The number of hydrogen-bond acceptors (Lipinski definition) is 4. The minimum Gasteiger partial charge on any atom is -0.444 e. The number of nitrogens with one attached hydrogen (secondary N) is 1. The van der Waals surface area contributed by atoms with Crippen LogP contribution < -0.4 is 5.32 Å². The highest BCUT2D eigenvalue weighted by molar-refractivity contribution is 7.10. The van der Waals surface area contributed by atoms with E-state index in [1.807, 2.05) is 18.4 Å². The first-order chi connectivity index (χ1) is 7.79. The average Bonchev–Trinajstić information content (AvgIpc) is 2.58. The van der Waals surface area contributed by atoms with E-state index in [-0.39, 0.29) is 6.54 Å². The van der Waals surface area contributed by atoms with E-state index in [4.69, 9.17) is 4.74 Å². The summed E-state index contributed by atoms with van der Waals surface area (Å²) < 4.78 is 5.08. The molecule has 0 bridgehead atoms. The molecule has 0 saturated carbocycles. The van der Waals surface area contributed by atoms with Gasteiger partial charge in [0, 0.05) is 4.88 Å². The van der Waals surface area contributed by atoms with Crippen molar-refractivity contribution in [3.8, 4) is 0 Å². The van der Waals surface area contributed by atoms with Crippen LogP contribution >= 0.6 is 11.3 Å². The number of thiophene rings is 1. The minimum atomic E-state index is -0.678. The molecular formula is C12H19NO3S. The molecule has 1 heterocycles. The Balaban J connectivity index is 2.41. The average molecular weight is 257 g/mol. The molecule has 1 atom stereocenters. The molecule has 1 amide bonds. The first kappa shape index (κ1) is 14.0. The van der Waals surface area contributed by atoms with Crippen molar-refractivity contribution < 1.29 is 14.6 Å². The molecule has 4 nitrogen and oxygen atoms in total. The van der Waals surface area contributed by atoms with Gasteiger partial charge in [-0.15, -0.1) is 11.3 Å². The van der Waals surface area contributed by atoms with E-state index < -0.39 is 17.8 Å². The zero-order chi connectivity index (χ0) is 13.1. The van der Waals surface area contributed by atoms with Gasteiger partial charge in [-0.2, -0.15) is 0 Å². The molecule has 1 aromatic rings. The van der Waals surface area contributed by atoms with Crippen LogP contribution in [0.5, 0.6) is 0 Å². The molecule has 2 N–H and O–H groups in total. The van der Waals surface area contributed by atoms with Gasteiger partial charge in [0.1, 0.15) is 11.7 Å². The first-order valence-corrected chi connectivity index (χ1v) is 6.36. The van der Waals surface area contributed by atoms with Crippen LogP contribution in [0.2, 0.25) is 0 Å². The number of carbonyl (C=O) groups excluding carboxylic acids is 1. The van der Waals surface area contributed by atoms with Crippen LogP contribution in [0.4, 0.5) is 4.79 Å². The van der Waals surface area contributed by atoms with Crippen molar-refractivity contribution >= 4 is 17.4 Å². The SMILES string of the molecule is Cc1ccsc1C(O)CNC(=O)OC(C)(C)C. The largest absolute Gasteiger partial charge is 0.444 e. The molecule has 0 spiro atoms. The normalized spacial score (nSPS) is 13.2. The molecule has 0 aliphatic carbocycles. The van der Waals surface area contributed by atoms with Crippen LogP contribution in [-0.4, -0.2) is 23.3 Å². The Labute approximate surface area is 106 Å². The summed E-state index contributed by atoms with van der Waals surface area (Å²) in [5, 5.41) is 14.3. The summed E-state index contributed by atoms with van der Waals surface area (Å²) in [6.45, 7) is 7.49. The predicted octanol–water partition coefficient (Wildman–Crippen LogP) is 2.61. The van der Waals surface area contributed by atoms with Gasteiger partial charge in [0.25, 0.3) is 0 Å². The van der Waals surface area contributed by atoms with E-state index in [0.29, 0.717) is 0 Å². The highest BCUT2D eigenvalue weighted by atomic mass is 32.1. The van der Waals surface area contributed by atoms with E-state index in [9.17, 15) is 9.90 Å². The zero-order valence-corrected chi connectivity index (χ0v) is 11.4. The van der Waals surface area contributed by atoms with Crippen LogP contribution in [0, 0.1) is 6.92 Å². The van der Waals surface area contributed by atoms with Crippen molar-refractivity contribution in [2.75, 3.05) is 6.54 Å². The van der Waals surface area contributed by atoms with Crippen LogP contribution in [-0.2, 0) is 4.74 Å². The fraction of sp³-hybridized carbons (Fsp3) is 0.583. The maximum Gasteiger partial charge on any atom is 0.407 e. The lowest BCUT2D eigenvalue weighted by molar-refractivity contribution is 0.0493. The zero-order valence-electron chi connectivity index (χ0n) is 10.6. The van der Waals surface area contributed by atoms with Crippen molar-refractivity contribution in [3.05, 3.63) is 21.9 Å². The lowest BCUT2D eigenvalue weighted by atomic mass is 10.2. The monoisotopic (exact) mass is 257 g/mol. The number of aryl methyl sites for hydroxylation is 1. The van der Waals surface area contributed by atoms with Crippen LogP contribution in [0.15, 0.2) is 11.4 Å². The Morgan fingerprint density at radius 1 is 1.59 bits per heavy atom. The third-order valence-corrected chi connectivity index (χ3v) is 3.16. The molecule has 0 radical (unpaired) electrons. The van der Waals surface area contributed by atoms with E-state index in [0.717, 1.165) is 10.4 Å². The molecule has 17 heavy (non-hydrogen) atoms. The Morgan fingerprint density at radius 3 is 2.71 bits per heavy atom. The molecule has 0 aliphatic heterocycles.